The summed E-state index contributed by atoms with van der Waals surface area (Å²) in [5, 5.41) is 5.96. The Labute approximate surface area is 241 Å². The van der Waals surface area contributed by atoms with E-state index < -0.39 is 23.8 Å². The third kappa shape index (κ3) is 8.57. The Bertz CT molecular complexity index is 1180. The standard InChI is InChI=1S/C33H49N3O4/c1-12-24(7)36(31(38)27(19-20(2)3)34-32(39)40-33(9,10)11)29(26-18-14-15-21(4)25(26)8)30(37)35-28-22(5)16-13-17-23(28)6/h13-18,20,24,27,29H,12,19H2,1-11H3,(H,34,39)(H,35,37). The average molecular weight is 552 g/mol. The molecule has 0 spiro atoms. The van der Waals surface area contributed by atoms with Crippen LogP contribution in [0.1, 0.15) is 95.2 Å². The fourth-order valence-corrected chi connectivity index (χ4v) is 4.81. The summed E-state index contributed by atoms with van der Waals surface area (Å²) in [6.07, 6.45) is 0.382. The Morgan fingerprint density at radius 3 is 1.98 bits per heavy atom. The normalized spacial score (nSPS) is 13.8. The van der Waals surface area contributed by atoms with E-state index in [0.29, 0.717) is 12.8 Å². The SMILES string of the molecule is CCC(C)N(C(=O)C(CC(C)C)NC(=O)OC(C)(C)C)C(C(=O)Nc1c(C)cccc1C)c1cccc(C)c1C. The van der Waals surface area contributed by atoms with E-state index in [9.17, 15) is 14.4 Å². The van der Waals surface area contributed by atoms with E-state index in [1.54, 1.807) is 25.7 Å². The first-order valence-electron chi connectivity index (χ1n) is 14.3. The second-order valence-corrected chi connectivity index (χ2v) is 12.3. The number of benzene rings is 2. The molecule has 0 aromatic heterocycles. The van der Waals surface area contributed by atoms with Gasteiger partial charge in [-0.3, -0.25) is 9.59 Å². The molecule has 2 N–H and O–H groups in total. The van der Waals surface area contributed by atoms with Gasteiger partial charge in [-0.05, 0) is 102 Å². The number of carbonyl (C=O) groups excluding carboxylic acids is 3. The zero-order valence-corrected chi connectivity index (χ0v) is 26.3. The number of carbonyl (C=O) groups is 3. The average Bonchev–Trinajstić information content (AvgIpc) is 2.84. The van der Waals surface area contributed by atoms with Crippen molar-refractivity contribution in [2.45, 2.75) is 113 Å². The van der Waals surface area contributed by atoms with E-state index >= 15 is 0 Å². The van der Waals surface area contributed by atoms with Gasteiger partial charge < -0.3 is 20.3 Å². The lowest BCUT2D eigenvalue weighted by Gasteiger charge is -2.39. The first-order valence-corrected chi connectivity index (χ1v) is 14.3. The Balaban J connectivity index is 2.67. The number of ether oxygens (including phenoxy) is 1. The maximum absolute atomic E-state index is 14.5. The van der Waals surface area contributed by atoms with Crippen LogP contribution in [0, 0.1) is 33.6 Å². The molecule has 7 heteroatoms. The lowest BCUT2D eigenvalue weighted by atomic mass is 9.92. The monoisotopic (exact) mass is 551 g/mol. The highest BCUT2D eigenvalue weighted by atomic mass is 16.6. The number of anilines is 1. The minimum Gasteiger partial charge on any atom is -0.444 e. The highest BCUT2D eigenvalue weighted by molar-refractivity contribution is 6.00. The number of hydrogen-bond acceptors (Lipinski definition) is 4. The number of rotatable bonds is 10. The van der Waals surface area contributed by atoms with Gasteiger partial charge in [-0.15, -0.1) is 0 Å². The second kappa shape index (κ2) is 13.8. The van der Waals surface area contributed by atoms with Crippen LogP contribution in [0.15, 0.2) is 36.4 Å². The quantitative estimate of drug-likeness (QED) is 0.328. The van der Waals surface area contributed by atoms with Crippen LogP contribution in [0.25, 0.3) is 0 Å². The van der Waals surface area contributed by atoms with Gasteiger partial charge in [0, 0.05) is 11.7 Å². The summed E-state index contributed by atoms with van der Waals surface area (Å²) in [5.41, 5.74) is 4.66. The molecule has 3 amide bonds. The van der Waals surface area contributed by atoms with E-state index in [-0.39, 0.29) is 23.8 Å². The van der Waals surface area contributed by atoms with Crippen LogP contribution in [0.2, 0.25) is 0 Å². The van der Waals surface area contributed by atoms with Gasteiger partial charge in [0.05, 0.1) is 0 Å². The second-order valence-electron chi connectivity index (χ2n) is 12.3. The molecule has 0 fully saturated rings. The number of aryl methyl sites for hydroxylation is 3. The highest BCUT2D eigenvalue weighted by Crippen LogP contribution is 2.32. The predicted octanol–water partition coefficient (Wildman–Crippen LogP) is 7.17. The van der Waals surface area contributed by atoms with Crippen molar-refractivity contribution in [2.75, 3.05) is 5.32 Å². The van der Waals surface area contributed by atoms with Crippen LogP contribution in [-0.2, 0) is 14.3 Å². The Morgan fingerprint density at radius 2 is 1.45 bits per heavy atom. The molecule has 0 saturated carbocycles. The van der Waals surface area contributed by atoms with Crippen molar-refractivity contribution < 1.29 is 19.1 Å². The van der Waals surface area contributed by atoms with E-state index in [1.165, 1.54) is 0 Å². The number of alkyl carbamates (subject to hydrolysis) is 1. The van der Waals surface area contributed by atoms with E-state index in [2.05, 4.69) is 10.6 Å². The van der Waals surface area contributed by atoms with Crippen molar-refractivity contribution in [1.82, 2.24) is 10.2 Å². The summed E-state index contributed by atoms with van der Waals surface area (Å²) in [7, 11) is 0. The number of amides is 3. The zero-order valence-electron chi connectivity index (χ0n) is 26.3. The Morgan fingerprint density at radius 1 is 0.900 bits per heavy atom. The molecule has 2 rings (SSSR count). The van der Waals surface area contributed by atoms with Gasteiger partial charge in [0.15, 0.2) is 0 Å². The van der Waals surface area contributed by atoms with Crippen molar-refractivity contribution in [3.63, 3.8) is 0 Å². The Kier molecular flexibility index (Phi) is 11.4. The highest BCUT2D eigenvalue weighted by Gasteiger charge is 2.39. The topological polar surface area (TPSA) is 87.7 Å². The smallest absolute Gasteiger partial charge is 0.408 e. The van der Waals surface area contributed by atoms with Crippen molar-refractivity contribution in [3.8, 4) is 0 Å². The molecule has 220 valence electrons. The van der Waals surface area contributed by atoms with Crippen molar-refractivity contribution in [1.29, 1.82) is 0 Å². The minimum atomic E-state index is -0.906. The first kappa shape index (κ1) is 32.9. The molecule has 0 heterocycles. The van der Waals surface area contributed by atoms with Gasteiger partial charge >= 0.3 is 6.09 Å². The van der Waals surface area contributed by atoms with Gasteiger partial charge in [0.1, 0.15) is 17.7 Å². The summed E-state index contributed by atoms with van der Waals surface area (Å²) >= 11 is 0. The molecule has 0 saturated heterocycles. The predicted molar refractivity (Wildman–Crippen MR) is 162 cm³/mol. The molecule has 0 bridgehead atoms. The Hall–Kier alpha value is -3.35. The molecule has 3 atom stereocenters. The van der Waals surface area contributed by atoms with Gasteiger partial charge in [0.2, 0.25) is 5.91 Å². The van der Waals surface area contributed by atoms with E-state index in [0.717, 1.165) is 33.5 Å². The summed E-state index contributed by atoms with van der Waals surface area (Å²) in [5.74, 6) is -0.484. The van der Waals surface area contributed by atoms with Crippen LogP contribution >= 0.6 is 0 Å². The molecule has 0 radical (unpaired) electrons. The van der Waals surface area contributed by atoms with Gasteiger partial charge in [-0.1, -0.05) is 57.2 Å². The molecule has 0 aliphatic carbocycles. The van der Waals surface area contributed by atoms with Crippen LogP contribution in [0.4, 0.5) is 10.5 Å². The molecule has 0 aliphatic heterocycles. The van der Waals surface area contributed by atoms with Crippen LogP contribution in [-0.4, -0.2) is 40.5 Å². The molecule has 3 unspecified atom stereocenters. The molecule has 2 aromatic carbocycles. The van der Waals surface area contributed by atoms with Gasteiger partial charge in [-0.25, -0.2) is 4.79 Å². The van der Waals surface area contributed by atoms with Crippen molar-refractivity contribution in [2.24, 2.45) is 5.92 Å². The number of para-hydroxylation sites is 1. The van der Waals surface area contributed by atoms with E-state index in [1.807, 2.05) is 91.8 Å². The first-order chi connectivity index (χ1) is 18.6. The lowest BCUT2D eigenvalue weighted by molar-refractivity contribution is -0.143. The maximum atomic E-state index is 14.5. The van der Waals surface area contributed by atoms with Gasteiger partial charge in [0.25, 0.3) is 5.91 Å². The minimum absolute atomic E-state index is 0.116. The molecule has 2 aromatic rings. The van der Waals surface area contributed by atoms with Crippen LogP contribution in [0.3, 0.4) is 0 Å². The molecular weight excluding hydrogens is 502 g/mol. The molecule has 7 nitrogen and oxygen atoms in total. The van der Waals surface area contributed by atoms with Crippen molar-refractivity contribution >= 4 is 23.6 Å². The fourth-order valence-electron chi connectivity index (χ4n) is 4.81. The number of nitrogens with zero attached hydrogens (tertiary/aromatic N) is 1. The lowest BCUT2D eigenvalue weighted by Crippen LogP contribution is -2.55. The van der Waals surface area contributed by atoms with Crippen LogP contribution < -0.4 is 10.6 Å². The summed E-state index contributed by atoms with van der Waals surface area (Å²) in [6.45, 7) is 21.2. The van der Waals surface area contributed by atoms with Crippen LogP contribution in [0.5, 0.6) is 0 Å². The summed E-state index contributed by atoms with van der Waals surface area (Å²) in [6, 6.07) is 9.65. The molecule has 0 aliphatic rings. The van der Waals surface area contributed by atoms with Crippen molar-refractivity contribution in [3.05, 3.63) is 64.2 Å². The van der Waals surface area contributed by atoms with E-state index in [4.69, 9.17) is 4.74 Å². The zero-order chi connectivity index (χ0) is 30.4. The van der Waals surface area contributed by atoms with Gasteiger partial charge in [-0.2, -0.15) is 0 Å². The fraction of sp³-hybridized carbons (Fsp3) is 0.545. The molecular formula is C33H49N3O4. The number of hydrogen-bond donors (Lipinski definition) is 2. The largest absolute Gasteiger partial charge is 0.444 e. The summed E-state index contributed by atoms with van der Waals surface area (Å²) in [4.78, 5) is 43.2. The molecule has 40 heavy (non-hydrogen) atoms. The third-order valence-corrected chi connectivity index (χ3v) is 7.21. The maximum Gasteiger partial charge on any atom is 0.408 e. The summed E-state index contributed by atoms with van der Waals surface area (Å²) < 4.78 is 5.50. The number of nitrogens with one attached hydrogen (secondary N) is 2. The third-order valence-electron chi connectivity index (χ3n) is 7.21.